The maximum absolute atomic E-state index is 14.2. The number of esters is 1. The average Bonchev–Trinajstić information content (AvgIpc) is 3.51. The van der Waals surface area contributed by atoms with Crippen molar-refractivity contribution >= 4 is 56.0 Å². The highest BCUT2D eigenvalue weighted by molar-refractivity contribution is 8.78. The minimum absolute atomic E-state index is 0.376. The number of hydrogen-bond acceptors (Lipinski definition) is 8. The number of benzene rings is 2. The number of likely N-dealkylation sites (N-methyl/N-ethyl adjacent to an activating group) is 1. The Morgan fingerprint density at radius 2 is 1.83 bits per heavy atom. The van der Waals surface area contributed by atoms with Crippen molar-refractivity contribution in [2.45, 2.75) is 34.4 Å². The lowest BCUT2D eigenvalue weighted by atomic mass is 9.70. The van der Waals surface area contributed by atoms with Crippen LogP contribution in [0.1, 0.15) is 18.1 Å². The number of rotatable bonds is 3. The third-order valence-corrected chi connectivity index (χ3v) is 11.6. The molecule has 9 nitrogen and oxygen atoms in total. The zero-order valence-corrected chi connectivity index (χ0v) is 21.0. The molecule has 0 aliphatic carbocycles. The Balaban J connectivity index is 1.61. The number of carbonyl (C=O) groups is 3. The molecule has 36 heavy (non-hydrogen) atoms. The molecule has 0 unspecified atom stereocenters. The van der Waals surface area contributed by atoms with Gasteiger partial charge in [-0.1, -0.05) is 36.4 Å². The fourth-order valence-electron chi connectivity index (χ4n) is 6.51. The Morgan fingerprint density at radius 1 is 1.08 bits per heavy atom. The summed E-state index contributed by atoms with van der Waals surface area (Å²) in [5.74, 6) is -1.31. The molecule has 2 bridgehead atoms. The molecule has 3 N–H and O–H groups in total. The number of piperazine rings is 1. The van der Waals surface area contributed by atoms with Crippen molar-refractivity contribution < 1.29 is 24.2 Å². The number of carbonyl (C=O) groups excluding carboxylic acids is 3. The molecule has 0 saturated carbocycles. The van der Waals surface area contributed by atoms with Gasteiger partial charge in [0, 0.05) is 36.8 Å². The van der Waals surface area contributed by atoms with Gasteiger partial charge in [-0.15, -0.1) is 0 Å². The van der Waals surface area contributed by atoms with Gasteiger partial charge >= 0.3 is 5.97 Å². The van der Waals surface area contributed by atoms with E-state index in [9.17, 15) is 19.5 Å². The van der Waals surface area contributed by atoms with Gasteiger partial charge in [0.25, 0.3) is 11.8 Å². The molecule has 1 aromatic heterocycles. The molecule has 2 amide bonds. The Bertz CT molecular complexity index is 1490. The first kappa shape index (κ1) is 22.1. The van der Waals surface area contributed by atoms with E-state index in [1.54, 1.807) is 4.90 Å². The summed E-state index contributed by atoms with van der Waals surface area (Å²) < 4.78 is 6.15. The van der Waals surface area contributed by atoms with E-state index in [1.807, 2.05) is 54.7 Å². The van der Waals surface area contributed by atoms with Crippen molar-refractivity contribution in [1.29, 1.82) is 0 Å². The number of hydrogen-bond donors (Lipinski definition) is 3. The minimum Gasteiger partial charge on any atom is -0.457 e. The normalized spacial score (nSPS) is 34.0. The molecule has 4 fully saturated rings. The van der Waals surface area contributed by atoms with Crippen LogP contribution in [0.4, 0.5) is 5.69 Å². The van der Waals surface area contributed by atoms with E-state index in [2.05, 4.69) is 10.3 Å². The lowest BCUT2D eigenvalue weighted by Crippen LogP contribution is -2.79. The number of anilines is 1. The van der Waals surface area contributed by atoms with Crippen LogP contribution < -0.4 is 5.32 Å². The van der Waals surface area contributed by atoms with Crippen LogP contribution in [0.25, 0.3) is 10.9 Å². The van der Waals surface area contributed by atoms with E-state index < -0.39 is 40.0 Å². The maximum atomic E-state index is 14.2. The van der Waals surface area contributed by atoms with Gasteiger partial charge < -0.3 is 25.0 Å². The lowest BCUT2D eigenvalue weighted by Gasteiger charge is -2.58. The highest BCUT2D eigenvalue weighted by atomic mass is 33.1. The predicted octanol–water partition coefficient (Wildman–Crippen LogP) is 2.23. The number of aliphatic hydroxyl groups excluding tert-OH is 1. The summed E-state index contributed by atoms with van der Waals surface area (Å²) in [5, 5.41) is 14.8. The second-order valence-corrected chi connectivity index (χ2v) is 12.2. The zero-order valence-electron chi connectivity index (χ0n) is 19.3. The lowest BCUT2D eigenvalue weighted by molar-refractivity contribution is -0.173. The van der Waals surface area contributed by atoms with E-state index in [0.717, 1.165) is 38.5 Å². The van der Waals surface area contributed by atoms with Crippen LogP contribution in [0.3, 0.4) is 0 Å². The number of nitrogens with zero attached hydrogens (tertiary/aromatic N) is 2. The average molecular weight is 523 g/mol. The molecule has 3 aromatic rings. The van der Waals surface area contributed by atoms with Crippen molar-refractivity contribution in [2.75, 3.05) is 19.0 Å². The molecule has 6 heterocycles. The van der Waals surface area contributed by atoms with Crippen LogP contribution in [0.15, 0.2) is 54.7 Å². The van der Waals surface area contributed by atoms with Crippen LogP contribution in [0, 0.1) is 0 Å². The Labute approximate surface area is 213 Å². The SMILES string of the molecule is CC(=O)O[C@H]1[C@]2(c3c[nH]c4ccccc34)c3ccccc3N[C@@H]2N2C(=O)[C@]3(CO)SS[C@]12C(=O)N3C. The molecule has 11 heteroatoms. The molecular weight excluding hydrogens is 500 g/mol. The summed E-state index contributed by atoms with van der Waals surface area (Å²) >= 11 is 0. The molecule has 5 aliphatic rings. The Kier molecular flexibility index (Phi) is 4.29. The first-order valence-corrected chi connectivity index (χ1v) is 13.7. The van der Waals surface area contributed by atoms with Crippen LogP contribution in [0.5, 0.6) is 0 Å². The van der Waals surface area contributed by atoms with E-state index in [-0.39, 0.29) is 11.8 Å². The second kappa shape index (κ2) is 6.99. The molecule has 1 spiro atoms. The number of aliphatic hydroxyl groups is 1. The number of H-pyrrole nitrogens is 1. The maximum Gasteiger partial charge on any atom is 0.303 e. The molecule has 5 atom stereocenters. The smallest absolute Gasteiger partial charge is 0.303 e. The Morgan fingerprint density at radius 3 is 2.61 bits per heavy atom. The number of aromatic nitrogens is 1. The zero-order chi connectivity index (χ0) is 25.0. The predicted molar refractivity (Wildman–Crippen MR) is 136 cm³/mol. The summed E-state index contributed by atoms with van der Waals surface area (Å²) in [7, 11) is 3.88. The van der Waals surface area contributed by atoms with Gasteiger partial charge in [-0.2, -0.15) is 0 Å². The number of para-hydroxylation sites is 2. The van der Waals surface area contributed by atoms with Crippen molar-refractivity contribution in [3.63, 3.8) is 0 Å². The number of nitrogens with one attached hydrogen (secondary N) is 2. The summed E-state index contributed by atoms with van der Waals surface area (Å²) in [5.41, 5.74) is 2.25. The van der Waals surface area contributed by atoms with Crippen LogP contribution >= 0.6 is 21.6 Å². The summed E-state index contributed by atoms with van der Waals surface area (Å²) in [6, 6.07) is 15.5. The number of ether oxygens (including phenoxy) is 1. The molecule has 5 aliphatic heterocycles. The fraction of sp³-hybridized carbons (Fsp3) is 0.320. The second-order valence-electron chi connectivity index (χ2n) is 9.54. The van der Waals surface area contributed by atoms with E-state index >= 15 is 0 Å². The van der Waals surface area contributed by atoms with Gasteiger partial charge in [-0.3, -0.25) is 19.3 Å². The minimum atomic E-state index is -1.53. The van der Waals surface area contributed by atoms with Crippen molar-refractivity contribution in [3.05, 3.63) is 65.9 Å². The number of fused-ring (bicyclic) bond motifs is 6. The van der Waals surface area contributed by atoms with Crippen molar-refractivity contribution in [2.24, 2.45) is 0 Å². The van der Waals surface area contributed by atoms with E-state index in [4.69, 9.17) is 4.74 Å². The molecule has 0 radical (unpaired) electrons. The highest BCUT2D eigenvalue weighted by Gasteiger charge is 2.84. The van der Waals surface area contributed by atoms with Crippen LogP contribution in [-0.4, -0.2) is 73.3 Å². The summed E-state index contributed by atoms with van der Waals surface area (Å²) in [6.45, 7) is 0.791. The van der Waals surface area contributed by atoms with Gasteiger partial charge in [0.2, 0.25) is 9.74 Å². The fourth-order valence-corrected chi connectivity index (χ4v) is 10.2. The standard InChI is InChI=1S/C25H22N4O5S2/c1-13(31)34-19-24(16-11-26-17-9-5-3-7-14(16)17)15-8-4-6-10-18(15)27-20(24)29-21(32)23(12-30)28(2)22(33)25(19,29)36-35-23/h3-11,19-20,26-27,30H,12H2,1-2H3/t19-,20+,23-,24+,25-/m0/s1. The molecule has 2 aromatic carbocycles. The molecule has 8 rings (SSSR count). The van der Waals surface area contributed by atoms with E-state index in [0.29, 0.717) is 0 Å². The van der Waals surface area contributed by atoms with E-state index in [1.165, 1.54) is 29.7 Å². The number of amides is 2. The number of aromatic amines is 1. The van der Waals surface area contributed by atoms with Gasteiger partial charge in [-0.25, -0.2) is 0 Å². The van der Waals surface area contributed by atoms with Crippen LogP contribution in [0.2, 0.25) is 0 Å². The third kappa shape index (κ3) is 2.20. The van der Waals surface area contributed by atoms with Gasteiger partial charge in [0.05, 0.1) is 6.61 Å². The quantitative estimate of drug-likeness (QED) is 0.355. The summed E-state index contributed by atoms with van der Waals surface area (Å²) in [6.07, 6.45) is 0.108. The highest BCUT2D eigenvalue weighted by Crippen LogP contribution is 2.70. The first-order chi connectivity index (χ1) is 17.3. The monoisotopic (exact) mass is 522 g/mol. The molecule has 184 valence electrons. The first-order valence-electron chi connectivity index (χ1n) is 11.5. The largest absolute Gasteiger partial charge is 0.457 e. The van der Waals surface area contributed by atoms with Gasteiger partial charge in [0.1, 0.15) is 11.6 Å². The van der Waals surface area contributed by atoms with Gasteiger partial charge in [0.15, 0.2) is 6.10 Å². The third-order valence-electron chi connectivity index (χ3n) is 8.03. The Hall–Kier alpha value is -3.15. The molecule has 4 saturated heterocycles. The molecular formula is C25H22N4O5S2. The van der Waals surface area contributed by atoms with Crippen molar-refractivity contribution in [3.8, 4) is 0 Å². The summed E-state index contributed by atoms with van der Waals surface area (Å²) in [4.78, 5) is 44.3. The topological polar surface area (TPSA) is 115 Å². The van der Waals surface area contributed by atoms with Crippen molar-refractivity contribution in [1.82, 2.24) is 14.8 Å². The van der Waals surface area contributed by atoms with Crippen LogP contribution in [-0.2, 0) is 24.5 Å². The van der Waals surface area contributed by atoms with Gasteiger partial charge in [-0.05, 0) is 44.8 Å².